The highest BCUT2D eigenvalue weighted by Crippen LogP contribution is 2.38. The van der Waals surface area contributed by atoms with Gasteiger partial charge in [-0.15, -0.1) is 0 Å². The van der Waals surface area contributed by atoms with E-state index >= 15 is 0 Å². The van der Waals surface area contributed by atoms with E-state index in [1.807, 2.05) is 21.1 Å². The maximum Gasteiger partial charge on any atom is 0.306 e. The van der Waals surface area contributed by atoms with E-state index in [0.29, 0.717) is 17.4 Å². The molecule has 0 radical (unpaired) electrons. The number of hydrogen-bond acceptors (Lipinski definition) is 8. The van der Waals surface area contributed by atoms with Crippen LogP contribution in [0.1, 0.15) is 232 Å². The van der Waals surface area contributed by atoms with Gasteiger partial charge in [0, 0.05) is 12.8 Å². The standard InChI is InChI=1S/C48H94NO8P/c1-6-8-10-12-14-16-18-20-22-23-24-25-27-29-31-33-35-37-39-41-48(51)57-46(45-56-58(52,53)55-43-42-49(3,4)5)44-54-47(50)40-38-36-34-32-30-28-26-21-19-17-15-13-11-9-7-2/h20,22,46H,6-19,21,23-45H2,1-5H3/b22-20-/t46-/m1/s1. The molecule has 58 heavy (non-hydrogen) atoms. The van der Waals surface area contributed by atoms with E-state index in [1.54, 1.807) is 0 Å². The van der Waals surface area contributed by atoms with Gasteiger partial charge < -0.3 is 27.9 Å². The van der Waals surface area contributed by atoms with Gasteiger partial charge >= 0.3 is 11.9 Å². The predicted molar refractivity (Wildman–Crippen MR) is 241 cm³/mol. The molecule has 0 saturated carbocycles. The van der Waals surface area contributed by atoms with Gasteiger partial charge in [-0.3, -0.25) is 14.2 Å². The van der Waals surface area contributed by atoms with Gasteiger partial charge in [0.05, 0.1) is 27.7 Å². The summed E-state index contributed by atoms with van der Waals surface area (Å²) in [7, 11) is 1.18. The fourth-order valence-corrected chi connectivity index (χ4v) is 7.67. The molecular weight excluding hydrogens is 750 g/mol. The molecule has 0 aromatic rings. The van der Waals surface area contributed by atoms with Crippen LogP contribution in [0.2, 0.25) is 0 Å². The fourth-order valence-electron chi connectivity index (χ4n) is 6.95. The van der Waals surface area contributed by atoms with Crippen molar-refractivity contribution in [3.63, 3.8) is 0 Å². The number of phosphoric acid groups is 1. The number of hydrogen-bond donors (Lipinski definition) is 0. The molecule has 0 fully saturated rings. The molecule has 0 spiro atoms. The molecule has 10 heteroatoms. The van der Waals surface area contributed by atoms with Crippen molar-refractivity contribution >= 4 is 19.8 Å². The zero-order valence-corrected chi connectivity index (χ0v) is 39.7. The summed E-state index contributed by atoms with van der Waals surface area (Å²) >= 11 is 0. The fraction of sp³-hybridized carbons (Fsp3) is 0.917. The Morgan fingerprint density at radius 3 is 1.28 bits per heavy atom. The Morgan fingerprint density at radius 2 is 0.879 bits per heavy atom. The van der Waals surface area contributed by atoms with E-state index in [-0.39, 0.29) is 32.0 Å². The summed E-state index contributed by atoms with van der Waals surface area (Å²) in [5.74, 6) is -0.823. The number of carbonyl (C=O) groups excluding carboxylic acids is 2. The Bertz CT molecular complexity index is 1000. The van der Waals surface area contributed by atoms with Gasteiger partial charge in [-0.25, -0.2) is 0 Å². The van der Waals surface area contributed by atoms with Crippen molar-refractivity contribution in [2.45, 2.75) is 238 Å². The third-order valence-electron chi connectivity index (χ3n) is 10.8. The quantitative estimate of drug-likeness (QED) is 0.0196. The molecule has 0 heterocycles. The lowest BCUT2D eigenvalue weighted by Crippen LogP contribution is -2.37. The van der Waals surface area contributed by atoms with Crippen molar-refractivity contribution in [2.24, 2.45) is 0 Å². The minimum absolute atomic E-state index is 0.0278. The molecule has 0 rings (SSSR count). The SMILES string of the molecule is CCCCCCCC/C=C\CCCCCCCCCCCC(=O)O[C@H](COC(=O)CCCCCCCCCCCCCCCCC)COP(=O)([O-])OCC[N+](C)(C)C. The molecule has 0 aliphatic rings. The van der Waals surface area contributed by atoms with Gasteiger partial charge in [-0.2, -0.15) is 0 Å². The first-order chi connectivity index (χ1) is 28.0. The van der Waals surface area contributed by atoms with Gasteiger partial charge in [0.2, 0.25) is 0 Å². The van der Waals surface area contributed by atoms with Gasteiger partial charge in [0.25, 0.3) is 7.82 Å². The molecule has 0 amide bonds. The Labute approximate surface area is 358 Å². The van der Waals surface area contributed by atoms with Crippen molar-refractivity contribution in [2.75, 3.05) is 47.5 Å². The first kappa shape index (κ1) is 56.8. The van der Waals surface area contributed by atoms with Crippen molar-refractivity contribution in [3.8, 4) is 0 Å². The molecular formula is C48H94NO8P. The molecule has 0 aliphatic carbocycles. The molecule has 0 aliphatic heterocycles. The Kier molecular flexibility index (Phi) is 40.2. The van der Waals surface area contributed by atoms with Crippen LogP contribution in [0.25, 0.3) is 0 Å². The number of allylic oxidation sites excluding steroid dienone is 2. The smallest absolute Gasteiger partial charge is 0.306 e. The minimum Gasteiger partial charge on any atom is -0.756 e. The first-order valence-electron chi connectivity index (χ1n) is 24.4. The molecule has 2 atom stereocenters. The Balaban J connectivity index is 4.26. The number of rotatable bonds is 45. The van der Waals surface area contributed by atoms with Crippen LogP contribution in [0.5, 0.6) is 0 Å². The molecule has 0 aromatic heterocycles. The third kappa shape index (κ3) is 44.3. The lowest BCUT2D eigenvalue weighted by Gasteiger charge is -2.28. The highest BCUT2D eigenvalue weighted by atomic mass is 31.2. The number of quaternary nitrogens is 1. The molecule has 344 valence electrons. The number of carbonyl (C=O) groups is 2. The zero-order chi connectivity index (χ0) is 42.8. The van der Waals surface area contributed by atoms with Gasteiger partial charge in [0.15, 0.2) is 6.10 Å². The van der Waals surface area contributed by atoms with Crippen molar-refractivity contribution in [1.29, 1.82) is 0 Å². The van der Waals surface area contributed by atoms with E-state index in [0.717, 1.165) is 38.5 Å². The number of likely N-dealkylation sites (N-methyl/N-ethyl adjacent to an activating group) is 1. The number of nitrogens with zero attached hydrogens (tertiary/aromatic N) is 1. The highest BCUT2D eigenvalue weighted by molar-refractivity contribution is 7.45. The molecule has 1 unspecified atom stereocenters. The third-order valence-corrected chi connectivity index (χ3v) is 11.7. The average Bonchev–Trinajstić information content (AvgIpc) is 3.17. The molecule has 0 N–H and O–H groups in total. The number of esters is 2. The lowest BCUT2D eigenvalue weighted by atomic mass is 10.0. The van der Waals surface area contributed by atoms with Crippen LogP contribution in [0.3, 0.4) is 0 Å². The van der Waals surface area contributed by atoms with Crippen molar-refractivity contribution < 1.29 is 42.1 Å². The van der Waals surface area contributed by atoms with Crippen LogP contribution < -0.4 is 4.89 Å². The zero-order valence-electron chi connectivity index (χ0n) is 38.8. The molecule has 0 aromatic carbocycles. The van der Waals surface area contributed by atoms with E-state index in [4.69, 9.17) is 18.5 Å². The normalized spacial score (nSPS) is 13.6. The monoisotopic (exact) mass is 844 g/mol. The summed E-state index contributed by atoms with van der Waals surface area (Å²) in [4.78, 5) is 37.6. The summed E-state index contributed by atoms with van der Waals surface area (Å²) in [6.45, 7) is 4.26. The Morgan fingerprint density at radius 1 is 0.517 bits per heavy atom. The van der Waals surface area contributed by atoms with E-state index < -0.39 is 26.5 Å². The van der Waals surface area contributed by atoms with Crippen LogP contribution >= 0.6 is 7.82 Å². The average molecular weight is 844 g/mol. The topological polar surface area (TPSA) is 111 Å². The molecule has 0 bridgehead atoms. The largest absolute Gasteiger partial charge is 0.756 e. The van der Waals surface area contributed by atoms with Crippen LogP contribution in [0.4, 0.5) is 0 Å². The summed E-state index contributed by atoms with van der Waals surface area (Å²) in [6, 6.07) is 0. The van der Waals surface area contributed by atoms with E-state index in [1.165, 1.54) is 161 Å². The number of ether oxygens (including phenoxy) is 2. The molecule has 9 nitrogen and oxygen atoms in total. The van der Waals surface area contributed by atoms with Crippen molar-refractivity contribution in [3.05, 3.63) is 12.2 Å². The number of phosphoric ester groups is 1. The van der Waals surface area contributed by atoms with Gasteiger partial charge in [-0.1, -0.05) is 193 Å². The van der Waals surface area contributed by atoms with Crippen LogP contribution in [-0.2, 0) is 32.7 Å². The van der Waals surface area contributed by atoms with Crippen LogP contribution in [0.15, 0.2) is 12.2 Å². The van der Waals surface area contributed by atoms with E-state index in [9.17, 15) is 19.0 Å². The lowest BCUT2D eigenvalue weighted by molar-refractivity contribution is -0.870. The maximum absolute atomic E-state index is 12.7. The van der Waals surface area contributed by atoms with Crippen molar-refractivity contribution in [1.82, 2.24) is 0 Å². The van der Waals surface area contributed by atoms with Crippen LogP contribution in [0, 0.1) is 0 Å². The maximum atomic E-state index is 12.7. The summed E-state index contributed by atoms with van der Waals surface area (Å²) in [6.07, 6.45) is 43.7. The minimum atomic E-state index is -4.62. The second-order valence-electron chi connectivity index (χ2n) is 17.8. The highest BCUT2D eigenvalue weighted by Gasteiger charge is 2.21. The first-order valence-corrected chi connectivity index (χ1v) is 25.9. The summed E-state index contributed by atoms with van der Waals surface area (Å²) in [5, 5.41) is 0. The van der Waals surface area contributed by atoms with Gasteiger partial charge in [0.1, 0.15) is 19.8 Å². The van der Waals surface area contributed by atoms with E-state index in [2.05, 4.69) is 26.0 Å². The Hall–Kier alpha value is -1.25. The predicted octanol–water partition coefficient (Wildman–Crippen LogP) is 13.5. The summed E-state index contributed by atoms with van der Waals surface area (Å²) < 4.78 is 34.0. The summed E-state index contributed by atoms with van der Waals surface area (Å²) in [5.41, 5.74) is 0. The number of unbranched alkanes of at least 4 members (excludes halogenated alkanes) is 29. The second-order valence-corrected chi connectivity index (χ2v) is 19.2. The second kappa shape index (κ2) is 41.1. The molecule has 0 saturated heterocycles. The van der Waals surface area contributed by atoms with Crippen LogP contribution in [-0.4, -0.2) is 70.0 Å². The van der Waals surface area contributed by atoms with Gasteiger partial charge in [-0.05, 0) is 38.5 Å².